The van der Waals surface area contributed by atoms with Gasteiger partial charge in [-0.25, -0.2) is 4.79 Å². The summed E-state index contributed by atoms with van der Waals surface area (Å²) in [7, 11) is 0. The molecule has 0 spiro atoms. The topological polar surface area (TPSA) is 74.6 Å². The zero-order chi connectivity index (χ0) is 13.7. The lowest BCUT2D eigenvalue weighted by molar-refractivity contribution is -0.136. The molecule has 1 atom stereocenters. The Morgan fingerprint density at radius 2 is 2.00 bits per heavy atom. The Morgan fingerprint density at radius 1 is 1.33 bits per heavy atom. The van der Waals surface area contributed by atoms with Crippen molar-refractivity contribution < 1.29 is 19.8 Å². The molecule has 5 heteroatoms. The molecule has 0 saturated heterocycles. The number of carboxylic acids is 2. The molecule has 4 nitrogen and oxygen atoms in total. The largest absolute Gasteiger partial charge is 0.480 e. The third-order valence-electron chi connectivity index (χ3n) is 2.54. The van der Waals surface area contributed by atoms with Gasteiger partial charge in [-0.3, -0.25) is 4.79 Å². The summed E-state index contributed by atoms with van der Waals surface area (Å²) < 4.78 is 0. The van der Waals surface area contributed by atoms with Gasteiger partial charge in [0.05, 0.1) is 5.56 Å². The molecule has 98 valence electrons. The highest BCUT2D eigenvalue weighted by molar-refractivity contribution is 8.00. The minimum Gasteiger partial charge on any atom is -0.480 e. The molecule has 0 saturated carbocycles. The van der Waals surface area contributed by atoms with Gasteiger partial charge in [-0.05, 0) is 31.0 Å². The van der Waals surface area contributed by atoms with Crippen LogP contribution in [-0.4, -0.2) is 27.4 Å². The van der Waals surface area contributed by atoms with Crippen LogP contribution < -0.4 is 0 Å². The smallest absolute Gasteiger partial charge is 0.335 e. The number of aryl methyl sites for hydroxylation is 1. The lowest BCUT2D eigenvalue weighted by atomic mass is 10.1. The molecule has 2 N–H and O–H groups in total. The summed E-state index contributed by atoms with van der Waals surface area (Å²) in [5.74, 6) is -1.85. The van der Waals surface area contributed by atoms with E-state index in [1.165, 1.54) is 17.8 Å². The maximum absolute atomic E-state index is 11.0. The van der Waals surface area contributed by atoms with Crippen molar-refractivity contribution in [2.45, 2.75) is 36.8 Å². The van der Waals surface area contributed by atoms with Crippen molar-refractivity contribution in [3.05, 3.63) is 29.3 Å². The molecule has 1 aromatic rings. The van der Waals surface area contributed by atoms with E-state index in [0.717, 1.165) is 6.42 Å². The molecule has 1 aromatic carbocycles. The van der Waals surface area contributed by atoms with Crippen molar-refractivity contribution in [1.29, 1.82) is 0 Å². The van der Waals surface area contributed by atoms with Gasteiger partial charge < -0.3 is 10.2 Å². The molecule has 0 amide bonds. The molecule has 1 rings (SSSR count). The van der Waals surface area contributed by atoms with E-state index < -0.39 is 17.2 Å². The molecule has 0 aromatic heterocycles. The molecule has 1 unspecified atom stereocenters. The van der Waals surface area contributed by atoms with E-state index in [2.05, 4.69) is 0 Å². The van der Waals surface area contributed by atoms with E-state index >= 15 is 0 Å². The monoisotopic (exact) mass is 268 g/mol. The predicted molar refractivity (Wildman–Crippen MR) is 70.3 cm³/mol. The van der Waals surface area contributed by atoms with Crippen molar-refractivity contribution in [2.24, 2.45) is 0 Å². The third kappa shape index (κ3) is 3.77. The lowest BCUT2D eigenvalue weighted by Gasteiger charge is -2.11. The first-order valence-corrected chi connectivity index (χ1v) is 6.57. The maximum atomic E-state index is 11.0. The SMILES string of the molecule is CCCC(Sc1ccc(C)c(C(=O)O)c1)C(=O)O. The number of hydrogen-bond donors (Lipinski definition) is 2. The first-order chi connectivity index (χ1) is 8.45. The summed E-state index contributed by atoms with van der Waals surface area (Å²) in [6.45, 7) is 3.65. The summed E-state index contributed by atoms with van der Waals surface area (Å²) in [5.41, 5.74) is 0.898. The molecule has 0 fully saturated rings. The van der Waals surface area contributed by atoms with Crippen LogP contribution in [0.2, 0.25) is 0 Å². The van der Waals surface area contributed by atoms with Crippen molar-refractivity contribution in [3.8, 4) is 0 Å². The van der Waals surface area contributed by atoms with E-state index in [1.807, 2.05) is 6.92 Å². The average Bonchev–Trinajstić information content (AvgIpc) is 2.30. The predicted octanol–water partition coefficient (Wildman–Crippen LogP) is 3.04. The summed E-state index contributed by atoms with van der Waals surface area (Å²) >= 11 is 1.20. The normalized spacial score (nSPS) is 12.1. The van der Waals surface area contributed by atoms with E-state index in [0.29, 0.717) is 16.9 Å². The lowest BCUT2D eigenvalue weighted by Crippen LogP contribution is -2.15. The molecule has 0 bridgehead atoms. The Hall–Kier alpha value is -1.49. The number of rotatable bonds is 6. The Kier molecular flexibility index (Phi) is 5.22. The van der Waals surface area contributed by atoms with Crippen LogP contribution >= 0.6 is 11.8 Å². The highest BCUT2D eigenvalue weighted by Gasteiger charge is 2.18. The number of hydrogen-bond acceptors (Lipinski definition) is 3. The number of aliphatic carboxylic acids is 1. The van der Waals surface area contributed by atoms with Crippen LogP contribution in [0.3, 0.4) is 0 Å². The van der Waals surface area contributed by atoms with Crippen LogP contribution in [0.4, 0.5) is 0 Å². The van der Waals surface area contributed by atoms with Crippen molar-refractivity contribution in [2.75, 3.05) is 0 Å². The molecule has 0 aliphatic heterocycles. The van der Waals surface area contributed by atoms with Gasteiger partial charge >= 0.3 is 11.9 Å². The van der Waals surface area contributed by atoms with E-state index in [9.17, 15) is 9.59 Å². The quantitative estimate of drug-likeness (QED) is 0.776. The molecule has 0 aliphatic carbocycles. The van der Waals surface area contributed by atoms with Gasteiger partial charge in [0.15, 0.2) is 0 Å². The highest BCUT2D eigenvalue weighted by Crippen LogP contribution is 2.28. The Balaban J connectivity index is 2.93. The summed E-state index contributed by atoms with van der Waals surface area (Å²) in [5, 5.41) is 17.5. The first kappa shape index (κ1) is 14.6. The summed E-state index contributed by atoms with van der Waals surface area (Å²) in [6, 6.07) is 5.00. The van der Waals surface area contributed by atoms with Crippen molar-refractivity contribution >= 4 is 23.7 Å². The van der Waals surface area contributed by atoms with Crippen molar-refractivity contribution in [3.63, 3.8) is 0 Å². The van der Waals surface area contributed by atoms with Crippen LogP contribution in [0.1, 0.15) is 35.7 Å². The maximum Gasteiger partial charge on any atom is 0.335 e. The zero-order valence-corrected chi connectivity index (χ0v) is 11.2. The number of thioether (sulfide) groups is 1. The van der Waals surface area contributed by atoms with Gasteiger partial charge in [-0.15, -0.1) is 11.8 Å². The average molecular weight is 268 g/mol. The minimum absolute atomic E-state index is 0.223. The molecular formula is C13H16O4S. The van der Waals surface area contributed by atoms with Gasteiger partial charge in [-0.2, -0.15) is 0 Å². The van der Waals surface area contributed by atoms with Gasteiger partial charge in [-0.1, -0.05) is 19.4 Å². The summed E-state index contributed by atoms with van der Waals surface area (Å²) in [4.78, 5) is 22.7. The highest BCUT2D eigenvalue weighted by atomic mass is 32.2. The number of aromatic carboxylic acids is 1. The third-order valence-corrected chi connectivity index (χ3v) is 3.79. The van der Waals surface area contributed by atoms with Gasteiger partial charge in [0.1, 0.15) is 5.25 Å². The Bertz CT molecular complexity index is 456. The van der Waals surface area contributed by atoms with Gasteiger partial charge in [0, 0.05) is 4.90 Å². The first-order valence-electron chi connectivity index (χ1n) is 5.69. The van der Waals surface area contributed by atoms with Crippen LogP contribution in [0.5, 0.6) is 0 Å². The second kappa shape index (κ2) is 6.44. The zero-order valence-electron chi connectivity index (χ0n) is 10.3. The molecule has 0 aliphatic rings. The fraction of sp³-hybridized carbons (Fsp3) is 0.385. The molecular weight excluding hydrogens is 252 g/mol. The second-order valence-corrected chi connectivity index (χ2v) is 5.29. The molecule has 0 radical (unpaired) electrons. The number of benzene rings is 1. The van der Waals surface area contributed by atoms with E-state index in [4.69, 9.17) is 10.2 Å². The number of carboxylic acid groups (broad SMARTS) is 2. The molecule has 18 heavy (non-hydrogen) atoms. The Morgan fingerprint density at radius 3 is 2.50 bits per heavy atom. The standard InChI is InChI=1S/C13H16O4S/c1-3-4-11(13(16)17)18-9-6-5-8(2)10(7-9)12(14)15/h5-7,11H,3-4H2,1-2H3,(H,14,15)(H,16,17). The van der Waals surface area contributed by atoms with Crippen LogP contribution in [0.25, 0.3) is 0 Å². The van der Waals surface area contributed by atoms with Gasteiger partial charge in [0.25, 0.3) is 0 Å². The van der Waals surface area contributed by atoms with E-state index in [1.54, 1.807) is 19.1 Å². The summed E-state index contributed by atoms with van der Waals surface area (Å²) in [6.07, 6.45) is 1.35. The fourth-order valence-corrected chi connectivity index (χ4v) is 2.68. The second-order valence-electron chi connectivity index (χ2n) is 4.02. The Labute approximate surface area is 110 Å². The molecule has 0 heterocycles. The van der Waals surface area contributed by atoms with E-state index in [-0.39, 0.29) is 5.56 Å². The van der Waals surface area contributed by atoms with Gasteiger partial charge in [0.2, 0.25) is 0 Å². The van der Waals surface area contributed by atoms with Crippen molar-refractivity contribution in [1.82, 2.24) is 0 Å². The van der Waals surface area contributed by atoms with Crippen LogP contribution in [0.15, 0.2) is 23.1 Å². The van der Waals surface area contributed by atoms with Crippen LogP contribution in [-0.2, 0) is 4.79 Å². The van der Waals surface area contributed by atoms with Crippen LogP contribution in [0, 0.1) is 6.92 Å². The minimum atomic E-state index is -0.989. The number of carbonyl (C=O) groups is 2. The fourth-order valence-electron chi connectivity index (χ4n) is 1.56.